The predicted octanol–water partition coefficient (Wildman–Crippen LogP) is 6.78. The lowest BCUT2D eigenvalue weighted by Crippen LogP contribution is -2.28. The molecule has 0 fully saturated rings. The van der Waals surface area contributed by atoms with E-state index in [1.807, 2.05) is 76.5 Å². The van der Waals surface area contributed by atoms with Crippen molar-refractivity contribution in [3.63, 3.8) is 0 Å². The third kappa shape index (κ3) is 4.63. The Hall–Kier alpha value is -3.00. The van der Waals surface area contributed by atoms with Crippen LogP contribution in [0.4, 0.5) is 5.13 Å². The minimum atomic E-state index is -1.13. The van der Waals surface area contributed by atoms with Crippen LogP contribution in [0.25, 0.3) is 21.3 Å². The van der Waals surface area contributed by atoms with E-state index < -0.39 is 17.7 Å². The van der Waals surface area contributed by atoms with Crippen molar-refractivity contribution < 1.29 is 14.6 Å². The van der Waals surface area contributed by atoms with Crippen LogP contribution in [-0.4, -0.2) is 26.6 Å². The first-order valence-electron chi connectivity index (χ1n) is 11.4. The van der Waals surface area contributed by atoms with Gasteiger partial charge in [0, 0.05) is 41.6 Å². The number of halogens is 1. The van der Waals surface area contributed by atoms with E-state index in [-0.39, 0.29) is 0 Å². The molecule has 4 aromatic rings. The molecule has 0 saturated carbocycles. The molecular weight excluding hydrogens is 482 g/mol. The number of aliphatic carboxylic acids is 1. The summed E-state index contributed by atoms with van der Waals surface area (Å²) in [7, 11) is 0. The molecule has 2 aromatic heterocycles. The van der Waals surface area contributed by atoms with Gasteiger partial charge in [-0.3, -0.25) is 4.98 Å². The molecule has 1 unspecified atom stereocenters. The van der Waals surface area contributed by atoms with E-state index in [1.165, 1.54) is 11.1 Å². The Kier molecular flexibility index (Phi) is 6.03. The van der Waals surface area contributed by atoms with Gasteiger partial charge in [0.1, 0.15) is 0 Å². The summed E-state index contributed by atoms with van der Waals surface area (Å²) in [6.45, 7) is 9.03. The highest BCUT2D eigenvalue weighted by Gasteiger charge is 2.33. The number of carboxylic acid groups (broad SMARTS) is 1. The summed E-state index contributed by atoms with van der Waals surface area (Å²) in [6.07, 6.45) is 2.60. The normalized spacial score (nSPS) is 14.4. The maximum atomic E-state index is 12.5. The number of fused-ring (bicyclic) bond motifs is 2. The van der Waals surface area contributed by atoms with Gasteiger partial charge in [0.15, 0.2) is 11.2 Å². The number of ether oxygens (including phenoxy) is 1. The molecule has 0 amide bonds. The number of pyridine rings is 1. The molecule has 0 aliphatic carbocycles. The third-order valence-corrected chi connectivity index (χ3v) is 7.41. The zero-order valence-corrected chi connectivity index (χ0v) is 21.6. The molecule has 180 valence electrons. The van der Waals surface area contributed by atoms with Crippen LogP contribution in [0.5, 0.6) is 0 Å². The lowest BCUT2D eigenvalue weighted by molar-refractivity contribution is -0.160. The predicted molar refractivity (Wildman–Crippen MR) is 140 cm³/mol. The Labute approximate surface area is 213 Å². The van der Waals surface area contributed by atoms with Gasteiger partial charge in [0.25, 0.3) is 0 Å². The first-order chi connectivity index (χ1) is 16.6. The van der Waals surface area contributed by atoms with Crippen molar-refractivity contribution in [3.8, 4) is 11.1 Å². The van der Waals surface area contributed by atoms with Crippen molar-refractivity contribution in [1.29, 1.82) is 0 Å². The number of benzene rings is 2. The van der Waals surface area contributed by atoms with E-state index in [0.717, 1.165) is 45.1 Å². The first kappa shape index (κ1) is 23.7. The van der Waals surface area contributed by atoms with Crippen LogP contribution >= 0.6 is 22.9 Å². The average Bonchev–Trinajstić information content (AvgIpc) is 3.40. The smallest absolute Gasteiger partial charge is 0.337 e. The van der Waals surface area contributed by atoms with Crippen molar-refractivity contribution in [3.05, 3.63) is 76.1 Å². The van der Waals surface area contributed by atoms with E-state index in [0.29, 0.717) is 10.6 Å². The van der Waals surface area contributed by atoms with Gasteiger partial charge < -0.3 is 14.7 Å². The molecule has 5 rings (SSSR count). The molecule has 3 heterocycles. The fraction of sp³-hybridized carbons (Fsp3) is 0.296. The fourth-order valence-corrected chi connectivity index (χ4v) is 5.77. The highest BCUT2D eigenvalue weighted by atomic mass is 35.5. The number of aromatic nitrogens is 2. The summed E-state index contributed by atoms with van der Waals surface area (Å²) < 4.78 is 7.02. The van der Waals surface area contributed by atoms with Crippen LogP contribution < -0.4 is 4.90 Å². The van der Waals surface area contributed by atoms with Crippen molar-refractivity contribution in [1.82, 2.24) is 9.97 Å². The summed E-state index contributed by atoms with van der Waals surface area (Å²) in [5, 5.41) is 11.7. The maximum absolute atomic E-state index is 12.5. The van der Waals surface area contributed by atoms with Gasteiger partial charge in [0.2, 0.25) is 0 Å². The molecule has 0 bridgehead atoms. The SMILES string of the molecule is Cc1cc2nc(N3Cc4ccncc4C3)sc2c(-c2ccc(Cl)cc2)c1C(OC(C)(C)C)C(=O)O. The largest absolute Gasteiger partial charge is 0.479 e. The first-order valence-corrected chi connectivity index (χ1v) is 12.6. The van der Waals surface area contributed by atoms with E-state index in [9.17, 15) is 9.90 Å². The Morgan fingerprint density at radius 2 is 1.89 bits per heavy atom. The lowest BCUT2D eigenvalue weighted by Gasteiger charge is -2.28. The van der Waals surface area contributed by atoms with Gasteiger partial charge in [-0.05, 0) is 74.2 Å². The highest BCUT2D eigenvalue weighted by Crippen LogP contribution is 2.45. The molecule has 0 spiro atoms. The highest BCUT2D eigenvalue weighted by molar-refractivity contribution is 7.22. The Bertz CT molecular complexity index is 1400. The average molecular weight is 508 g/mol. The quantitative estimate of drug-likeness (QED) is 0.321. The zero-order chi connectivity index (χ0) is 24.9. The monoisotopic (exact) mass is 507 g/mol. The number of carbonyl (C=O) groups is 1. The molecule has 1 N–H and O–H groups in total. The Balaban J connectivity index is 1.71. The minimum absolute atomic E-state index is 0.619. The van der Waals surface area contributed by atoms with Gasteiger partial charge in [-0.1, -0.05) is 35.1 Å². The van der Waals surface area contributed by atoms with E-state index in [2.05, 4.69) is 9.88 Å². The van der Waals surface area contributed by atoms with Gasteiger partial charge in [-0.2, -0.15) is 0 Å². The van der Waals surface area contributed by atoms with Gasteiger partial charge >= 0.3 is 5.97 Å². The Morgan fingerprint density at radius 3 is 2.54 bits per heavy atom. The number of rotatable bonds is 5. The third-order valence-electron chi connectivity index (χ3n) is 6.00. The van der Waals surface area contributed by atoms with Crippen LogP contribution in [-0.2, 0) is 22.6 Å². The molecule has 0 saturated heterocycles. The molecular formula is C27H26ClN3O3S. The van der Waals surface area contributed by atoms with Crippen molar-refractivity contribution in [2.45, 2.75) is 52.5 Å². The number of hydrogen-bond acceptors (Lipinski definition) is 6. The molecule has 6 nitrogen and oxygen atoms in total. The molecule has 1 aliphatic heterocycles. The molecule has 1 aliphatic rings. The minimum Gasteiger partial charge on any atom is -0.479 e. The van der Waals surface area contributed by atoms with Gasteiger partial charge in [-0.15, -0.1) is 0 Å². The summed E-state index contributed by atoms with van der Waals surface area (Å²) in [5.74, 6) is -1.02. The van der Waals surface area contributed by atoms with E-state index >= 15 is 0 Å². The zero-order valence-electron chi connectivity index (χ0n) is 20.0. The number of carboxylic acids is 1. The summed E-state index contributed by atoms with van der Waals surface area (Å²) in [5.41, 5.74) is 5.82. The Morgan fingerprint density at radius 1 is 1.17 bits per heavy atom. The summed E-state index contributed by atoms with van der Waals surface area (Å²) >= 11 is 7.76. The molecule has 1 atom stereocenters. The van der Waals surface area contributed by atoms with Gasteiger partial charge in [-0.25, -0.2) is 9.78 Å². The number of anilines is 1. The van der Waals surface area contributed by atoms with Crippen LogP contribution in [0.15, 0.2) is 48.8 Å². The van der Waals surface area contributed by atoms with E-state index in [4.69, 9.17) is 21.3 Å². The van der Waals surface area contributed by atoms with Crippen LogP contribution in [0.1, 0.15) is 49.1 Å². The van der Waals surface area contributed by atoms with Crippen LogP contribution in [0.3, 0.4) is 0 Å². The van der Waals surface area contributed by atoms with Crippen molar-refractivity contribution in [2.75, 3.05) is 4.90 Å². The second kappa shape index (κ2) is 8.90. The molecule has 2 aromatic carbocycles. The van der Waals surface area contributed by atoms with Crippen molar-refractivity contribution >= 4 is 44.3 Å². The van der Waals surface area contributed by atoms with Gasteiger partial charge in [0.05, 0.1) is 15.8 Å². The van der Waals surface area contributed by atoms with Crippen LogP contribution in [0.2, 0.25) is 5.02 Å². The number of hydrogen-bond donors (Lipinski definition) is 1. The number of aryl methyl sites for hydroxylation is 1. The number of nitrogens with zero attached hydrogens (tertiary/aromatic N) is 3. The van der Waals surface area contributed by atoms with Crippen molar-refractivity contribution in [2.24, 2.45) is 0 Å². The lowest BCUT2D eigenvalue weighted by atomic mass is 9.91. The summed E-state index contributed by atoms with van der Waals surface area (Å²) in [4.78, 5) is 23.9. The van der Waals surface area contributed by atoms with Crippen LogP contribution in [0, 0.1) is 6.92 Å². The number of thiazole rings is 1. The summed E-state index contributed by atoms with van der Waals surface area (Å²) in [6, 6.07) is 11.5. The molecule has 8 heteroatoms. The fourth-order valence-electron chi connectivity index (χ4n) is 4.52. The second-order valence-corrected chi connectivity index (χ2v) is 11.2. The standard InChI is InChI=1S/C27H26ClN3O3S/c1-15-11-20-24(35-26(30-20)31-13-17-9-10-29-12-18(17)14-31)22(16-5-7-19(28)8-6-16)21(15)23(25(32)33)34-27(2,3)4/h5-12,23H,13-14H2,1-4H3,(H,32,33). The van der Waals surface area contributed by atoms with E-state index in [1.54, 1.807) is 11.3 Å². The second-order valence-electron chi connectivity index (χ2n) is 9.78. The topological polar surface area (TPSA) is 75.5 Å². The molecule has 0 radical (unpaired) electrons. The maximum Gasteiger partial charge on any atom is 0.337 e. The molecule has 35 heavy (non-hydrogen) atoms.